The van der Waals surface area contributed by atoms with Crippen LogP contribution in [0, 0.1) is 5.92 Å². The molecule has 2 aromatic carbocycles. The van der Waals surface area contributed by atoms with Crippen LogP contribution in [0.15, 0.2) is 54.7 Å². The van der Waals surface area contributed by atoms with E-state index in [0.29, 0.717) is 17.4 Å². The summed E-state index contributed by atoms with van der Waals surface area (Å²) in [5.74, 6) is 2.08. The van der Waals surface area contributed by atoms with Crippen molar-refractivity contribution in [3.05, 3.63) is 54.7 Å². The lowest BCUT2D eigenvalue weighted by Crippen LogP contribution is -2.44. The first-order valence-electron chi connectivity index (χ1n) is 12.1. The minimum absolute atomic E-state index is 0.0539. The highest BCUT2D eigenvalue weighted by Crippen LogP contribution is 2.28. The largest absolute Gasteiger partial charge is 0.480 e. The Kier molecular flexibility index (Phi) is 6.68. The molecule has 1 fully saturated rings. The quantitative estimate of drug-likeness (QED) is 0.299. The van der Waals surface area contributed by atoms with Gasteiger partial charge in [0.25, 0.3) is 5.91 Å². The van der Waals surface area contributed by atoms with E-state index in [9.17, 15) is 4.79 Å². The fourth-order valence-electron chi connectivity index (χ4n) is 4.23. The molecule has 0 bridgehead atoms. The first-order chi connectivity index (χ1) is 17.5. The molecular formula is C26H30N8O2. The van der Waals surface area contributed by atoms with Crippen LogP contribution in [0.3, 0.4) is 0 Å². The second kappa shape index (κ2) is 10.2. The Morgan fingerprint density at radius 1 is 1.11 bits per heavy atom. The summed E-state index contributed by atoms with van der Waals surface area (Å²) in [6.07, 6.45) is 1.07. The zero-order valence-electron chi connectivity index (χ0n) is 20.4. The Morgan fingerprint density at radius 3 is 2.72 bits per heavy atom. The molecule has 5 rings (SSSR count). The number of hydrogen-bond donors (Lipinski definition) is 4. The van der Waals surface area contributed by atoms with E-state index in [-0.39, 0.29) is 5.92 Å². The summed E-state index contributed by atoms with van der Waals surface area (Å²) in [6, 6.07) is 15.4. The van der Waals surface area contributed by atoms with E-state index in [1.807, 2.05) is 56.3 Å². The van der Waals surface area contributed by atoms with E-state index in [1.165, 1.54) is 0 Å². The van der Waals surface area contributed by atoms with E-state index in [1.54, 1.807) is 12.3 Å². The number of piperazine rings is 1. The lowest BCUT2D eigenvalue weighted by molar-refractivity contribution is -0.126. The smallest absolute Gasteiger partial charge is 0.258 e. The van der Waals surface area contributed by atoms with E-state index in [2.05, 4.69) is 25.7 Å². The number of H-pyrrole nitrogens is 1. The summed E-state index contributed by atoms with van der Waals surface area (Å²) in [6.45, 7) is 7.30. The van der Waals surface area contributed by atoms with Crippen LogP contribution in [0.2, 0.25) is 0 Å². The molecule has 1 amide bonds. The second-order valence-electron chi connectivity index (χ2n) is 9.18. The third-order valence-electron chi connectivity index (χ3n) is 6.11. The molecule has 10 nitrogen and oxygen atoms in total. The van der Waals surface area contributed by atoms with Crippen molar-refractivity contribution in [3.8, 4) is 17.1 Å². The number of ether oxygens (including phenoxy) is 1. The van der Waals surface area contributed by atoms with Crippen molar-refractivity contribution >= 4 is 34.1 Å². The van der Waals surface area contributed by atoms with Gasteiger partial charge in [0.2, 0.25) is 0 Å². The fourth-order valence-corrected chi connectivity index (χ4v) is 4.23. The number of nitrogens with one attached hydrogen (secondary N) is 3. The van der Waals surface area contributed by atoms with Crippen molar-refractivity contribution in [2.45, 2.75) is 20.0 Å². The number of benzene rings is 2. The van der Waals surface area contributed by atoms with Crippen LogP contribution in [-0.2, 0) is 4.79 Å². The number of nitrogens with zero attached hydrogens (tertiary/aromatic N) is 4. The van der Waals surface area contributed by atoms with Gasteiger partial charge in [-0.25, -0.2) is 9.97 Å². The molecule has 36 heavy (non-hydrogen) atoms. The highest BCUT2D eigenvalue weighted by atomic mass is 16.5. The first kappa shape index (κ1) is 23.6. The van der Waals surface area contributed by atoms with Gasteiger partial charge in [-0.3, -0.25) is 9.89 Å². The van der Waals surface area contributed by atoms with Crippen LogP contribution >= 0.6 is 0 Å². The van der Waals surface area contributed by atoms with Crippen molar-refractivity contribution in [1.29, 1.82) is 0 Å². The van der Waals surface area contributed by atoms with Gasteiger partial charge < -0.3 is 26.0 Å². The van der Waals surface area contributed by atoms with Crippen LogP contribution in [0.4, 0.5) is 17.3 Å². The van der Waals surface area contributed by atoms with Gasteiger partial charge >= 0.3 is 0 Å². The van der Waals surface area contributed by atoms with Crippen LogP contribution in [0.25, 0.3) is 22.3 Å². The van der Waals surface area contributed by atoms with Gasteiger partial charge in [-0.05, 0) is 36.2 Å². The van der Waals surface area contributed by atoms with Crippen molar-refractivity contribution in [2.24, 2.45) is 11.7 Å². The van der Waals surface area contributed by atoms with Crippen LogP contribution in [0.1, 0.15) is 13.8 Å². The Bertz CT molecular complexity index is 1360. The van der Waals surface area contributed by atoms with Crippen LogP contribution < -0.4 is 26.0 Å². The predicted molar refractivity (Wildman–Crippen MR) is 140 cm³/mol. The number of carbonyl (C=O) groups excluding carboxylic acids is 1. The number of aromatic nitrogens is 4. The summed E-state index contributed by atoms with van der Waals surface area (Å²) in [7, 11) is 0. The molecule has 2 aromatic heterocycles. The average molecular weight is 487 g/mol. The summed E-state index contributed by atoms with van der Waals surface area (Å²) >= 11 is 0. The molecule has 4 aromatic rings. The molecule has 1 aliphatic rings. The molecule has 5 N–H and O–H groups in total. The lowest BCUT2D eigenvalue weighted by atomic mass is 10.1. The maximum absolute atomic E-state index is 11.9. The monoisotopic (exact) mass is 486 g/mol. The van der Waals surface area contributed by atoms with Crippen molar-refractivity contribution in [1.82, 2.24) is 25.5 Å². The predicted octanol–water partition coefficient (Wildman–Crippen LogP) is 3.06. The minimum atomic E-state index is -0.719. The van der Waals surface area contributed by atoms with E-state index >= 15 is 0 Å². The van der Waals surface area contributed by atoms with E-state index in [4.69, 9.17) is 20.4 Å². The standard InChI is InChI=1S/C26H30N8O2/c1-16(2)24(25(27)35)36-20-5-3-4-17(13-20)26-31-22(14-23(32-26)34-10-8-28-9-11-34)30-19-6-7-21-18(12-19)15-29-33-21/h3-7,12-16,24,28H,8-11H2,1-2H3,(H2,27,35)(H,29,33)(H,30,31,32). The van der Waals surface area contributed by atoms with E-state index in [0.717, 1.165) is 54.2 Å². The van der Waals surface area contributed by atoms with Gasteiger partial charge in [-0.1, -0.05) is 26.0 Å². The molecule has 3 heterocycles. The average Bonchev–Trinajstić information content (AvgIpc) is 3.35. The fraction of sp³-hybridized carbons (Fsp3) is 0.308. The SMILES string of the molecule is CC(C)C(Oc1cccc(-c2nc(Nc3ccc4[nH]ncc4c3)cc(N3CCNCC3)n2)c1)C(N)=O. The Morgan fingerprint density at radius 2 is 1.94 bits per heavy atom. The summed E-state index contributed by atoms with van der Waals surface area (Å²) in [5, 5.41) is 14.9. The highest BCUT2D eigenvalue weighted by Gasteiger charge is 2.22. The molecule has 1 unspecified atom stereocenters. The number of carbonyl (C=O) groups is 1. The molecule has 10 heteroatoms. The minimum Gasteiger partial charge on any atom is -0.480 e. The van der Waals surface area contributed by atoms with Gasteiger partial charge in [-0.15, -0.1) is 0 Å². The highest BCUT2D eigenvalue weighted by molar-refractivity contribution is 5.83. The number of nitrogens with two attached hydrogens (primary N) is 1. The number of amides is 1. The summed E-state index contributed by atoms with van der Waals surface area (Å²) in [4.78, 5) is 23.8. The Balaban J connectivity index is 1.49. The van der Waals surface area contributed by atoms with Gasteiger partial charge in [0.15, 0.2) is 11.9 Å². The second-order valence-corrected chi connectivity index (χ2v) is 9.18. The van der Waals surface area contributed by atoms with Crippen molar-refractivity contribution in [2.75, 3.05) is 36.4 Å². The first-order valence-corrected chi connectivity index (χ1v) is 12.1. The molecular weight excluding hydrogens is 456 g/mol. The number of aromatic amines is 1. The molecule has 0 aliphatic carbocycles. The number of fused-ring (bicyclic) bond motifs is 1. The normalized spacial score (nSPS) is 14.7. The number of rotatable bonds is 8. The van der Waals surface area contributed by atoms with Gasteiger partial charge in [0.1, 0.15) is 17.4 Å². The summed E-state index contributed by atoms with van der Waals surface area (Å²) < 4.78 is 5.93. The topological polar surface area (TPSA) is 134 Å². The molecule has 1 aliphatic heterocycles. The molecule has 186 valence electrons. The Labute approximate surface area is 209 Å². The lowest BCUT2D eigenvalue weighted by Gasteiger charge is -2.29. The number of hydrogen-bond acceptors (Lipinski definition) is 8. The van der Waals surface area contributed by atoms with Crippen LogP contribution in [0.5, 0.6) is 5.75 Å². The molecule has 1 atom stereocenters. The van der Waals surface area contributed by atoms with Crippen molar-refractivity contribution < 1.29 is 9.53 Å². The van der Waals surface area contributed by atoms with Crippen molar-refractivity contribution in [3.63, 3.8) is 0 Å². The van der Waals surface area contributed by atoms with Gasteiger partial charge in [0.05, 0.1) is 11.7 Å². The molecule has 0 spiro atoms. The summed E-state index contributed by atoms with van der Waals surface area (Å²) in [5.41, 5.74) is 8.20. The zero-order valence-corrected chi connectivity index (χ0v) is 20.4. The number of primary amides is 1. The Hall–Kier alpha value is -4.18. The van der Waals surface area contributed by atoms with E-state index < -0.39 is 12.0 Å². The van der Waals surface area contributed by atoms with Gasteiger partial charge in [0, 0.05) is 48.9 Å². The number of anilines is 3. The third-order valence-corrected chi connectivity index (χ3v) is 6.11. The molecule has 0 radical (unpaired) electrons. The maximum Gasteiger partial charge on any atom is 0.258 e. The third kappa shape index (κ3) is 5.23. The maximum atomic E-state index is 11.9. The molecule has 0 saturated carbocycles. The molecule has 1 saturated heterocycles. The van der Waals surface area contributed by atoms with Crippen LogP contribution in [-0.4, -0.2) is 58.4 Å². The zero-order chi connectivity index (χ0) is 25.1. The van der Waals surface area contributed by atoms with Gasteiger partial charge in [-0.2, -0.15) is 5.10 Å².